The van der Waals surface area contributed by atoms with Crippen LogP contribution in [-0.2, 0) is 16.4 Å². The first kappa shape index (κ1) is 23.8. The molecule has 34 heavy (non-hydrogen) atoms. The van der Waals surface area contributed by atoms with Crippen LogP contribution in [0.3, 0.4) is 0 Å². The molecule has 0 atom stereocenters. The van der Waals surface area contributed by atoms with E-state index in [9.17, 15) is 18.3 Å². The number of aromatic nitrogens is 2. The molecule has 0 bridgehead atoms. The highest BCUT2D eigenvalue weighted by Crippen LogP contribution is 2.37. The van der Waals surface area contributed by atoms with Crippen LogP contribution >= 0.6 is 0 Å². The maximum Gasteiger partial charge on any atom is 0.353 e. The smallest absolute Gasteiger partial charge is 0.353 e. The molecule has 0 fully saturated rings. The molecular weight excluding hydrogens is 452 g/mol. The van der Waals surface area contributed by atoms with E-state index in [1.54, 1.807) is 12.1 Å². The molecule has 2 aromatic carbocycles. The Bertz CT molecular complexity index is 1390. The average Bonchev–Trinajstić information content (AvgIpc) is 3.22. The van der Waals surface area contributed by atoms with Crippen molar-refractivity contribution in [3.63, 3.8) is 0 Å². The van der Waals surface area contributed by atoms with Crippen LogP contribution in [0.5, 0.6) is 5.75 Å². The third-order valence-electron chi connectivity index (χ3n) is 6.03. The number of carbonyl (C=O) groups is 1. The normalized spacial score (nSPS) is 11.8. The summed E-state index contributed by atoms with van der Waals surface area (Å²) < 4.78 is 33.7. The number of methoxy groups -OCH3 is 1. The monoisotopic (exact) mass is 480 g/mol. The molecule has 178 valence electrons. The summed E-state index contributed by atoms with van der Waals surface area (Å²) in [6.07, 6.45) is 5.31. The number of nitrogens with zero attached hydrogens (tertiary/aromatic N) is 2. The molecular formula is C26H28N2O5S. The lowest BCUT2D eigenvalue weighted by Crippen LogP contribution is -2.25. The quantitative estimate of drug-likeness (QED) is 0.297. The number of hydrogen-bond acceptors (Lipinski definition) is 5. The lowest BCUT2D eigenvalue weighted by atomic mass is 10.0. The number of benzene rings is 2. The van der Waals surface area contributed by atoms with Crippen molar-refractivity contribution in [2.45, 2.75) is 50.3 Å². The molecule has 2 heterocycles. The fourth-order valence-corrected chi connectivity index (χ4v) is 5.85. The standard InChI is InChI=1S/C26H28N2O5S/c1-3-4-5-6-7-12-23-25-21(20-10-8-9-11-22(20)27-25)17-24(26(29)30)28(23)34(31,32)19-15-13-18(33-2)14-16-19/h8-11,13-17H,3-7,12H2,1-2H3,(H,29,30). The Morgan fingerprint density at radius 3 is 2.41 bits per heavy atom. The first-order chi connectivity index (χ1) is 16.4. The maximum atomic E-state index is 13.8. The van der Waals surface area contributed by atoms with Gasteiger partial charge in [0.25, 0.3) is 10.0 Å². The zero-order valence-corrected chi connectivity index (χ0v) is 20.1. The Morgan fingerprint density at radius 1 is 1.03 bits per heavy atom. The van der Waals surface area contributed by atoms with Gasteiger partial charge in [0.2, 0.25) is 0 Å². The van der Waals surface area contributed by atoms with Crippen LogP contribution in [0, 0.1) is 0 Å². The lowest BCUT2D eigenvalue weighted by Gasteiger charge is -2.20. The highest BCUT2D eigenvalue weighted by molar-refractivity contribution is 7.90. The first-order valence-corrected chi connectivity index (χ1v) is 12.9. The second kappa shape index (κ2) is 9.85. The van der Waals surface area contributed by atoms with Crippen LogP contribution in [-0.4, -0.2) is 35.6 Å². The number of unbranched alkanes of at least 4 members (excludes halogenated alkanes) is 4. The first-order valence-electron chi connectivity index (χ1n) is 11.4. The largest absolute Gasteiger partial charge is 0.497 e. The molecule has 4 rings (SSSR count). The minimum absolute atomic E-state index is 0.0107. The number of carboxylic acids is 1. The summed E-state index contributed by atoms with van der Waals surface area (Å²) in [7, 11) is -2.71. The van der Waals surface area contributed by atoms with Crippen molar-refractivity contribution in [2.75, 3.05) is 7.11 Å². The Kier molecular flexibility index (Phi) is 6.88. The summed E-state index contributed by atoms with van der Waals surface area (Å²) >= 11 is 0. The fourth-order valence-electron chi connectivity index (χ4n) is 4.30. The summed E-state index contributed by atoms with van der Waals surface area (Å²) in [5.41, 5.74) is 1.99. The van der Waals surface area contributed by atoms with Gasteiger partial charge in [0.05, 0.1) is 28.9 Å². The van der Waals surface area contributed by atoms with E-state index in [1.807, 2.05) is 24.3 Å². The van der Waals surface area contributed by atoms with Gasteiger partial charge in [-0.15, -0.1) is 0 Å². The van der Waals surface area contributed by atoms with Gasteiger partial charge >= 0.3 is 5.97 Å². The second-order valence-electron chi connectivity index (χ2n) is 8.28. The molecule has 0 amide bonds. The van der Waals surface area contributed by atoms with Crippen molar-refractivity contribution in [3.8, 4) is 17.0 Å². The van der Waals surface area contributed by atoms with Gasteiger partial charge < -0.3 is 9.84 Å². The molecule has 0 aromatic heterocycles. The molecule has 0 radical (unpaired) electrons. The van der Waals surface area contributed by atoms with Crippen molar-refractivity contribution < 1.29 is 23.1 Å². The van der Waals surface area contributed by atoms with E-state index in [2.05, 4.69) is 6.92 Å². The predicted molar refractivity (Wildman–Crippen MR) is 131 cm³/mol. The maximum absolute atomic E-state index is 13.8. The van der Waals surface area contributed by atoms with Crippen molar-refractivity contribution in [1.29, 1.82) is 0 Å². The Hall–Kier alpha value is -3.39. The number of rotatable bonds is 10. The number of fused-ring (bicyclic) bond motifs is 3. The highest BCUT2D eigenvalue weighted by Gasteiger charge is 2.31. The summed E-state index contributed by atoms with van der Waals surface area (Å²) in [5.74, 6) is -0.797. The van der Waals surface area contributed by atoms with Gasteiger partial charge in [-0.05, 0) is 49.2 Å². The highest BCUT2D eigenvalue weighted by atomic mass is 32.2. The zero-order valence-electron chi connectivity index (χ0n) is 19.3. The molecule has 0 aliphatic carbocycles. The SMILES string of the molecule is CCCCCCCc1c2nc3ccccc3c-2cc(C(=O)O)n1S(=O)(=O)c1ccc(OC)cc1. The third kappa shape index (κ3) is 4.37. The average molecular weight is 481 g/mol. The number of aromatic carboxylic acids is 1. The van der Waals surface area contributed by atoms with E-state index in [-0.39, 0.29) is 10.6 Å². The van der Waals surface area contributed by atoms with Crippen LogP contribution in [0.25, 0.3) is 22.2 Å². The summed E-state index contributed by atoms with van der Waals surface area (Å²) in [5, 5.41) is 10.9. The van der Waals surface area contributed by atoms with Crippen LogP contribution in [0.2, 0.25) is 0 Å². The fraction of sp³-hybridized carbons (Fsp3) is 0.308. The van der Waals surface area contributed by atoms with Crippen LogP contribution in [0.4, 0.5) is 0 Å². The molecule has 2 aromatic rings. The number of hydrogen-bond donors (Lipinski definition) is 1. The Labute approximate surface area is 199 Å². The van der Waals surface area contributed by atoms with E-state index in [0.717, 1.165) is 41.5 Å². The van der Waals surface area contributed by atoms with Gasteiger partial charge in [-0.2, -0.15) is 0 Å². The van der Waals surface area contributed by atoms with Gasteiger partial charge in [-0.3, -0.25) is 0 Å². The van der Waals surface area contributed by atoms with Crippen LogP contribution < -0.4 is 4.74 Å². The molecule has 8 heteroatoms. The minimum atomic E-state index is -4.21. The van der Waals surface area contributed by atoms with Crippen molar-refractivity contribution in [2.24, 2.45) is 0 Å². The van der Waals surface area contributed by atoms with Crippen molar-refractivity contribution >= 4 is 26.9 Å². The molecule has 7 nitrogen and oxygen atoms in total. The summed E-state index contributed by atoms with van der Waals surface area (Å²) in [6, 6.07) is 14.8. The van der Waals surface area contributed by atoms with Gasteiger partial charge in [-0.25, -0.2) is 22.2 Å². The number of pyridine rings is 1. The lowest BCUT2D eigenvalue weighted by molar-refractivity contribution is 0.0688. The van der Waals surface area contributed by atoms with E-state index in [1.165, 1.54) is 25.3 Å². The van der Waals surface area contributed by atoms with Crippen LogP contribution in [0.15, 0.2) is 59.5 Å². The van der Waals surface area contributed by atoms with E-state index < -0.39 is 16.0 Å². The topological polar surface area (TPSA) is 98.5 Å². The molecule has 0 saturated carbocycles. The molecule has 0 saturated heterocycles. The van der Waals surface area contributed by atoms with Gasteiger partial charge in [-0.1, -0.05) is 50.8 Å². The van der Waals surface area contributed by atoms with E-state index in [0.29, 0.717) is 34.6 Å². The minimum Gasteiger partial charge on any atom is -0.497 e. The Balaban J connectivity index is 1.96. The molecule has 2 aliphatic rings. The van der Waals surface area contributed by atoms with Crippen molar-refractivity contribution in [3.05, 3.63) is 66.0 Å². The van der Waals surface area contributed by atoms with Gasteiger partial charge in [0.1, 0.15) is 11.4 Å². The molecule has 1 N–H and O–H groups in total. The van der Waals surface area contributed by atoms with Gasteiger partial charge in [0, 0.05) is 10.9 Å². The van der Waals surface area contributed by atoms with E-state index >= 15 is 0 Å². The number of para-hydroxylation sites is 1. The second-order valence-corrected chi connectivity index (χ2v) is 10.1. The summed E-state index contributed by atoms with van der Waals surface area (Å²) in [4.78, 5) is 17.1. The van der Waals surface area contributed by atoms with Crippen LogP contribution in [0.1, 0.15) is 55.2 Å². The zero-order chi connectivity index (χ0) is 24.3. The summed E-state index contributed by atoms with van der Waals surface area (Å²) in [6.45, 7) is 2.13. The van der Waals surface area contributed by atoms with Crippen molar-refractivity contribution in [1.82, 2.24) is 8.96 Å². The van der Waals surface area contributed by atoms with E-state index in [4.69, 9.17) is 9.72 Å². The predicted octanol–water partition coefficient (Wildman–Crippen LogP) is 5.60. The Morgan fingerprint density at radius 2 is 1.74 bits per heavy atom. The molecule has 2 aliphatic heterocycles. The molecule has 0 spiro atoms. The van der Waals surface area contributed by atoms with Gasteiger partial charge in [0.15, 0.2) is 0 Å². The number of carboxylic acid groups (broad SMARTS) is 1. The third-order valence-corrected chi connectivity index (χ3v) is 7.80. The number of ether oxygens (including phenoxy) is 1. The molecule has 0 unspecified atom stereocenters.